The first-order chi connectivity index (χ1) is 52.0. The van der Waals surface area contributed by atoms with Gasteiger partial charge in [0.05, 0.1) is 11.4 Å². The van der Waals surface area contributed by atoms with E-state index in [1.807, 2.05) is 23.9 Å². The fourth-order valence-electron chi connectivity index (χ4n) is 16.8. The van der Waals surface area contributed by atoms with Gasteiger partial charge in [-0.3, -0.25) is 0 Å². The first kappa shape index (κ1) is 61.8. The number of fused-ring (bicyclic) bond motifs is 8. The van der Waals surface area contributed by atoms with E-state index in [9.17, 15) is 0 Å². The van der Waals surface area contributed by atoms with Crippen molar-refractivity contribution in [3.05, 3.63) is 394 Å². The molecule has 0 saturated carbocycles. The minimum absolute atomic E-state index is 0.180. The Hall–Kier alpha value is -13.1. The molecule has 20 rings (SSSR count). The van der Waals surface area contributed by atoms with Crippen molar-refractivity contribution in [2.24, 2.45) is 0 Å². The summed E-state index contributed by atoms with van der Waals surface area (Å²) in [4.78, 5) is 14.7. The summed E-state index contributed by atoms with van der Waals surface area (Å²) in [5.74, 6) is -0.319. The van der Waals surface area contributed by atoms with E-state index in [0.29, 0.717) is 0 Å². The van der Waals surface area contributed by atoms with Crippen LogP contribution in [-0.4, -0.2) is 13.4 Å². The SMILES string of the molecule is Fc1cc(-c2ccccc2)c(N2c3cc4c(cc3B3c5ccccc5N(c5ccccc5)c5cc(N(c6ccc(-c7ccccc7)cc6)c6ccc(-c7ccccc7)cc6)cc2c53)B2c3ccccc3N(c3ccccc3)c3cc(N(c5ccccc5)c5ccccc5)cc(c32)S4)c(-c2ccccc2)c1. The molecule has 0 aliphatic carbocycles. The summed E-state index contributed by atoms with van der Waals surface area (Å²) in [6.07, 6.45) is 0. The highest BCUT2D eigenvalue weighted by molar-refractivity contribution is 8.00. The summed E-state index contributed by atoms with van der Waals surface area (Å²) in [6.45, 7) is -0.472. The molecule has 5 nitrogen and oxygen atoms in total. The summed E-state index contributed by atoms with van der Waals surface area (Å²) in [6, 6.07) is 140. The van der Waals surface area contributed by atoms with Crippen molar-refractivity contribution < 1.29 is 4.39 Å². The van der Waals surface area contributed by atoms with Gasteiger partial charge in [0, 0.05) is 94.9 Å². The normalized spacial score (nSPS) is 12.7. The first-order valence-corrected chi connectivity index (χ1v) is 36.7. The van der Waals surface area contributed by atoms with Crippen molar-refractivity contribution in [2.45, 2.75) is 9.79 Å². The lowest BCUT2D eigenvalue weighted by Crippen LogP contribution is -2.64. The van der Waals surface area contributed by atoms with Gasteiger partial charge < -0.3 is 24.5 Å². The number of para-hydroxylation sites is 6. The van der Waals surface area contributed by atoms with Gasteiger partial charge in [0.25, 0.3) is 6.71 Å². The van der Waals surface area contributed by atoms with Crippen molar-refractivity contribution in [3.8, 4) is 44.5 Å². The largest absolute Gasteiger partial charge is 0.311 e. The average Bonchev–Trinajstić information content (AvgIpc) is 0.688. The van der Waals surface area contributed by atoms with Crippen LogP contribution in [-0.2, 0) is 0 Å². The van der Waals surface area contributed by atoms with Crippen LogP contribution in [0, 0.1) is 5.82 Å². The molecule has 0 radical (unpaired) electrons. The summed E-state index contributed by atoms with van der Waals surface area (Å²) in [5, 5.41) is 0. The third-order valence-electron chi connectivity index (χ3n) is 21.3. The minimum Gasteiger partial charge on any atom is -0.311 e. The van der Waals surface area contributed by atoms with E-state index in [2.05, 4.69) is 388 Å². The Bertz CT molecular complexity index is 5780. The maximum Gasteiger partial charge on any atom is 0.252 e. The Balaban J connectivity index is 0.901. The lowest BCUT2D eigenvalue weighted by molar-refractivity contribution is 0.629. The van der Waals surface area contributed by atoms with E-state index in [1.165, 1.54) is 26.7 Å². The second kappa shape index (κ2) is 25.8. The molecule has 0 unspecified atom stereocenters. The van der Waals surface area contributed by atoms with Gasteiger partial charge in [-0.1, -0.05) is 278 Å². The summed E-state index contributed by atoms with van der Waals surface area (Å²) >= 11 is 1.85. The molecule has 0 amide bonds. The molecular formula is C96H64B2FN5S. The maximum atomic E-state index is 17.6. The van der Waals surface area contributed by atoms with Crippen molar-refractivity contribution in [2.75, 3.05) is 24.5 Å². The molecule has 4 aliphatic rings. The van der Waals surface area contributed by atoms with Crippen LogP contribution in [0.2, 0.25) is 0 Å². The monoisotopic (exact) mass is 1360 g/mol. The fraction of sp³-hybridized carbons (Fsp3) is 0. The van der Waals surface area contributed by atoms with Crippen LogP contribution in [0.1, 0.15) is 0 Å². The van der Waals surface area contributed by atoms with E-state index in [0.717, 1.165) is 146 Å². The Morgan fingerprint density at radius 2 is 0.590 bits per heavy atom. The number of halogens is 1. The molecule has 4 heterocycles. The van der Waals surface area contributed by atoms with Gasteiger partial charge in [-0.2, -0.15) is 0 Å². The Kier molecular flexibility index (Phi) is 15.2. The zero-order chi connectivity index (χ0) is 69.5. The highest BCUT2D eigenvalue weighted by Crippen LogP contribution is 2.55. The molecule has 0 fully saturated rings. The molecule has 0 N–H and O–H groups in total. The van der Waals surface area contributed by atoms with Crippen molar-refractivity contribution in [1.82, 2.24) is 0 Å². The topological polar surface area (TPSA) is 16.2 Å². The van der Waals surface area contributed by atoms with Crippen LogP contribution in [0.25, 0.3) is 44.5 Å². The zero-order valence-electron chi connectivity index (χ0n) is 57.1. The number of anilines is 15. The van der Waals surface area contributed by atoms with E-state index >= 15 is 4.39 Å². The maximum absolute atomic E-state index is 17.6. The zero-order valence-corrected chi connectivity index (χ0v) is 57.9. The van der Waals surface area contributed by atoms with Crippen LogP contribution in [0.4, 0.5) is 89.7 Å². The molecule has 105 heavy (non-hydrogen) atoms. The van der Waals surface area contributed by atoms with Crippen LogP contribution in [0.3, 0.4) is 0 Å². The van der Waals surface area contributed by atoms with Gasteiger partial charge in [-0.05, 0) is 188 Å². The van der Waals surface area contributed by atoms with Crippen LogP contribution < -0.4 is 57.3 Å². The Morgan fingerprint density at radius 1 is 0.238 bits per heavy atom. The van der Waals surface area contributed by atoms with Crippen molar-refractivity contribution in [1.29, 1.82) is 0 Å². The predicted octanol–water partition coefficient (Wildman–Crippen LogP) is 22.3. The average molecular weight is 1360 g/mol. The highest BCUT2D eigenvalue weighted by Gasteiger charge is 2.48. The van der Waals surface area contributed by atoms with Gasteiger partial charge in [0.1, 0.15) is 5.82 Å². The van der Waals surface area contributed by atoms with Gasteiger partial charge >= 0.3 is 0 Å². The number of benzene rings is 16. The lowest BCUT2D eigenvalue weighted by atomic mass is 9.31. The summed E-state index contributed by atoms with van der Waals surface area (Å²) in [5.41, 5.74) is 30.6. The predicted molar refractivity (Wildman–Crippen MR) is 441 cm³/mol. The number of hydrogen-bond donors (Lipinski definition) is 0. The highest BCUT2D eigenvalue weighted by atomic mass is 32.2. The third kappa shape index (κ3) is 10.6. The smallest absolute Gasteiger partial charge is 0.252 e. The molecule has 0 saturated heterocycles. The van der Waals surface area contributed by atoms with Crippen molar-refractivity contribution >= 4 is 143 Å². The van der Waals surface area contributed by atoms with E-state index in [4.69, 9.17) is 0 Å². The van der Waals surface area contributed by atoms with Crippen molar-refractivity contribution in [3.63, 3.8) is 0 Å². The summed E-state index contributed by atoms with van der Waals surface area (Å²) < 4.78 is 17.6. The molecule has 0 atom stereocenters. The van der Waals surface area contributed by atoms with Crippen LogP contribution in [0.5, 0.6) is 0 Å². The standard InChI is InChI=1S/C96H64B2FN5S/c99-71-57-80(69-33-13-3-14-34-69)96(81(58-71)70-35-15-4-16-36-70)104-88-64-92-85(98-83-46-26-28-48-87(83)103(75-43-23-8-24-44-75)91-61-79(62-93(105-92)95(91)98)100(72-37-17-5-18-38-72)73-39-19-6-20-40-73)63-84(88)97-82-45-25-27-47-86(82)102(74-41-21-7-22-42-74)89-59-78(60-90(104)94(89)97)101(76-53-49-67(50-54-76)65-29-9-1-10-30-65)77-55-51-68(52-56-77)66-31-11-2-12-32-66/h1-64H. The molecule has 16 aromatic carbocycles. The molecular weight excluding hydrogens is 1300 g/mol. The molecule has 492 valence electrons. The number of nitrogens with zero attached hydrogens (tertiary/aromatic N) is 5. The third-order valence-corrected chi connectivity index (χ3v) is 22.4. The number of hydrogen-bond acceptors (Lipinski definition) is 6. The van der Waals surface area contributed by atoms with E-state index < -0.39 is 0 Å². The second-order valence-electron chi connectivity index (χ2n) is 27.2. The van der Waals surface area contributed by atoms with Gasteiger partial charge in [0.2, 0.25) is 6.71 Å². The molecule has 0 spiro atoms. The van der Waals surface area contributed by atoms with Gasteiger partial charge in [0.15, 0.2) is 0 Å². The Labute approximate surface area is 616 Å². The molecule has 16 aromatic rings. The first-order valence-electron chi connectivity index (χ1n) is 35.9. The van der Waals surface area contributed by atoms with Gasteiger partial charge in [-0.25, -0.2) is 4.39 Å². The summed E-state index contributed by atoms with van der Waals surface area (Å²) in [7, 11) is 0. The number of rotatable bonds is 13. The quantitative estimate of drug-likeness (QED) is 0.106. The molecule has 0 aromatic heterocycles. The minimum atomic E-state index is -0.319. The lowest BCUT2D eigenvalue weighted by Gasteiger charge is -2.46. The molecule has 0 bridgehead atoms. The molecule has 4 aliphatic heterocycles. The van der Waals surface area contributed by atoms with Crippen LogP contribution in [0.15, 0.2) is 398 Å². The molecule has 9 heteroatoms. The van der Waals surface area contributed by atoms with E-state index in [1.54, 1.807) is 12.1 Å². The van der Waals surface area contributed by atoms with E-state index in [-0.39, 0.29) is 19.2 Å². The van der Waals surface area contributed by atoms with Crippen LogP contribution >= 0.6 is 11.8 Å². The second-order valence-corrected chi connectivity index (χ2v) is 28.3. The van der Waals surface area contributed by atoms with Gasteiger partial charge in [-0.15, -0.1) is 0 Å². The fourth-order valence-corrected chi connectivity index (χ4v) is 18.0. The Morgan fingerprint density at radius 3 is 1.05 bits per heavy atom.